The van der Waals surface area contributed by atoms with Gasteiger partial charge in [0.15, 0.2) is 5.16 Å². The zero-order chi connectivity index (χ0) is 20.6. The molecule has 7 nitrogen and oxygen atoms in total. The Labute approximate surface area is 176 Å². The predicted octanol–water partition coefficient (Wildman–Crippen LogP) is 0.788. The molecular formula is C21H30N5O2S+. The third-order valence-corrected chi connectivity index (χ3v) is 5.74. The molecule has 8 heteroatoms. The van der Waals surface area contributed by atoms with E-state index in [0.717, 1.165) is 60.8 Å². The van der Waals surface area contributed by atoms with Crippen molar-refractivity contribution >= 4 is 23.5 Å². The first-order chi connectivity index (χ1) is 14.0. The van der Waals surface area contributed by atoms with Gasteiger partial charge >= 0.3 is 0 Å². The van der Waals surface area contributed by atoms with Crippen molar-refractivity contribution in [2.45, 2.75) is 17.8 Å². The van der Waals surface area contributed by atoms with E-state index in [1.54, 1.807) is 11.8 Å². The first-order valence-corrected chi connectivity index (χ1v) is 10.9. The van der Waals surface area contributed by atoms with Gasteiger partial charge in [-0.25, -0.2) is 9.97 Å². The molecule has 0 unspecified atom stereocenters. The average Bonchev–Trinajstić information content (AvgIpc) is 2.73. The minimum Gasteiger partial charge on any atom is -0.370 e. The number of morpholine rings is 1. The lowest BCUT2D eigenvalue weighted by atomic mass is 10.1. The van der Waals surface area contributed by atoms with Crippen molar-refractivity contribution in [3.63, 3.8) is 0 Å². The van der Waals surface area contributed by atoms with Gasteiger partial charge in [-0.15, -0.1) is 0 Å². The Balaban J connectivity index is 1.47. The average molecular weight is 417 g/mol. The van der Waals surface area contributed by atoms with E-state index >= 15 is 0 Å². The van der Waals surface area contributed by atoms with Gasteiger partial charge in [0.1, 0.15) is 18.9 Å². The second kappa shape index (κ2) is 10.6. The Morgan fingerprint density at radius 1 is 1.21 bits per heavy atom. The summed E-state index contributed by atoms with van der Waals surface area (Å²) in [4.78, 5) is 24.9. The van der Waals surface area contributed by atoms with Crippen molar-refractivity contribution in [2.24, 2.45) is 0 Å². The molecule has 1 saturated heterocycles. The van der Waals surface area contributed by atoms with E-state index in [1.807, 2.05) is 56.3 Å². The van der Waals surface area contributed by atoms with Gasteiger partial charge in [0.25, 0.3) is 5.91 Å². The summed E-state index contributed by atoms with van der Waals surface area (Å²) in [7, 11) is 3.95. The molecule has 2 heterocycles. The monoisotopic (exact) mass is 416 g/mol. The van der Waals surface area contributed by atoms with E-state index in [4.69, 9.17) is 4.74 Å². The van der Waals surface area contributed by atoms with E-state index in [1.165, 1.54) is 4.90 Å². The lowest BCUT2D eigenvalue weighted by molar-refractivity contribution is -0.906. The van der Waals surface area contributed by atoms with E-state index < -0.39 is 0 Å². The Hall–Kier alpha value is -2.16. The van der Waals surface area contributed by atoms with Crippen molar-refractivity contribution in [3.05, 3.63) is 47.2 Å². The number of amides is 1. The lowest BCUT2D eigenvalue weighted by Gasteiger charge is -2.23. The molecule has 0 radical (unpaired) electrons. The highest BCUT2D eigenvalue weighted by Gasteiger charge is 2.14. The minimum atomic E-state index is -0.0190. The predicted molar refractivity (Wildman–Crippen MR) is 116 cm³/mol. The second-order valence-electron chi connectivity index (χ2n) is 7.40. The first kappa shape index (κ1) is 21.5. The van der Waals surface area contributed by atoms with Crippen LogP contribution in [0, 0.1) is 6.92 Å². The highest BCUT2D eigenvalue weighted by Crippen LogP contribution is 2.22. The molecule has 1 fully saturated rings. The summed E-state index contributed by atoms with van der Waals surface area (Å²) >= 11 is 1.60. The van der Waals surface area contributed by atoms with Crippen LogP contribution in [-0.4, -0.2) is 69.4 Å². The van der Waals surface area contributed by atoms with Crippen LogP contribution < -0.4 is 15.1 Å². The number of carbonyl (C=O) groups excluding carboxylic acids is 1. The molecule has 1 aliphatic rings. The summed E-state index contributed by atoms with van der Waals surface area (Å²) in [5.74, 6) is 1.65. The van der Waals surface area contributed by atoms with Crippen LogP contribution in [0.3, 0.4) is 0 Å². The van der Waals surface area contributed by atoms with Crippen LogP contribution in [-0.2, 0) is 10.5 Å². The number of quaternary nitrogens is 1. The van der Waals surface area contributed by atoms with Crippen LogP contribution in [0.15, 0.2) is 35.5 Å². The third-order valence-electron chi connectivity index (χ3n) is 4.83. The fourth-order valence-corrected chi connectivity index (χ4v) is 3.94. The molecule has 1 aliphatic heterocycles. The number of hydrogen-bond donors (Lipinski definition) is 2. The van der Waals surface area contributed by atoms with E-state index in [-0.39, 0.29) is 5.91 Å². The summed E-state index contributed by atoms with van der Waals surface area (Å²) in [6.45, 7) is 7.26. The van der Waals surface area contributed by atoms with Crippen LogP contribution >= 0.6 is 11.8 Å². The number of nitrogens with zero attached hydrogens (tertiary/aromatic N) is 3. The van der Waals surface area contributed by atoms with E-state index in [2.05, 4.69) is 15.3 Å². The van der Waals surface area contributed by atoms with Crippen LogP contribution in [0.2, 0.25) is 0 Å². The number of benzene rings is 1. The molecular weight excluding hydrogens is 386 g/mol. The van der Waals surface area contributed by atoms with Crippen molar-refractivity contribution in [2.75, 3.05) is 58.4 Å². The van der Waals surface area contributed by atoms with Crippen LogP contribution in [0.4, 0.5) is 5.82 Å². The molecule has 0 atom stereocenters. The maximum atomic E-state index is 12.3. The quantitative estimate of drug-likeness (QED) is 0.490. The number of ether oxygens (including phenoxy) is 1. The summed E-state index contributed by atoms with van der Waals surface area (Å²) < 4.78 is 5.36. The number of nitrogens with one attached hydrogen (secondary N) is 2. The molecule has 29 heavy (non-hydrogen) atoms. The standard InChI is InChI=1S/C21H29N5O2S/c1-16-14-19(25(2)3)24-21(23-16)29-15-17-4-6-18(7-5-17)20(27)22-8-9-26-10-12-28-13-11-26/h4-7,14H,8-13,15H2,1-3H3,(H,22,27)/p+1. The molecule has 2 aromatic rings. The van der Waals surface area contributed by atoms with Gasteiger partial charge in [0.05, 0.1) is 26.3 Å². The SMILES string of the molecule is Cc1cc(N(C)C)nc(SCc2ccc(C(=O)NCC[NH+]3CCOCC3)cc2)n1. The first-order valence-electron chi connectivity index (χ1n) is 9.95. The normalized spacial score (nSPS) is 14.6. The van der Waals surface area contributed by atoms with Gasteiger partial charge in [-0.1, -0.05) is 23.9 Å². The van der Waals surface area contributed by atoms with Gasteiger partial charge in [-0.3, -0.25) is 4.79 Å². The van der Waals surface area contributed by atoms with Crippen LogP contribution in [0.5, 0.6) is 0 Å². The molecule has 0 bridgehead atoms. The lowest BCUT2D eigenvalue weighted by Crippen LogP contribution is -3.14. The topological polar surface area (TPSA) is 71.8 Å². The van der Waals surface area contributed by atoms with Gasteiger partial charge < -0.3 is 19.9 Å². The van der Waals surface area contributed by atoms with E-state index in [0.29, 0.717) is 12.1 Å². The van der Waals surface area contributed by atoms with Gasteiger partial charge in [0.2, 0.25) is 0 Å². The number of hydrogen-bond acceptors (Lipinski definition) is 6. The maximum absolute atomic E-state index is 12.3. The fraction of sp³-hybridized carbons (Fsp3) is 0.476. The zero-order valence-electron chi connectivity index (χ0n) is 17.4. The molecule has 0 saturated carbocycles. The molecule has 1 aromatic heterocycles. The van der Waals surface area contributed by atoms with Crippen molar-refractivity contribution in [1.29, 1.82) is 0 Å². The number of aryl methyl sites for hydroxylation is 1. The largest absolute Gasteiger partial charge is 0.370 e. The molecule has 0 spiro atoms. The van der Waals surface area contributed by atoms with Gasteiger partial charge in [-0.2, -0.15) is 0 Å². The number of anilines is 1. The molecule has 1 aromatic carbocycles. The third kappa shape index (κ3) is 6.69. The Bertz CT molecular complexity index is 807. The minimum absolute atomic E-state index is 0.0190. The number of aromatic nitrogens is 2. The van der Waals surface area contributed by atoms with Crippen LogP contribution in [0.25, 0.3) is 0 Å². The number of carbonyl (C=O) groups is 1. The molecule has 0 aliphatic carbocycles. The number of rotatable bonds is 8. The zero-order valence-corrected chi connectivity index (χ0v) is 18.2. The highest BCUT2D eigenvalue weighted by atomic mass is 32.2. The van der Waals surface area contributed by atoms with Crippen molar-refractivity contribution < 1.29 is 14.4 Å². The highest BCUT2D eigenvalue weighted by molar-refractivity contribution is 7.98. The summed E-state index contributed by atoms with van der Waals surface area (Å²) in [6.07, 6.45) is 0. The molecule has 2 N–H and O–H groups in total. The second-order valence-corrected chi connectivity index (χ2v) is 8.34. The van der Waals surface area contributed by atoms with E-state index in [9.17, 15) is 4.79 Å². The molecule has 1 amide bonds. The molecule has 156 valence electrons. The Kier molecular flexibility index (Phi) is 7.85. The Morgan fingerprint density at radius 2 is 1.93 bits per heavy atom. The fourth-order valence-electron chi connectivity index (χ4n) is 3.08. The summed E-state index contributed by atoms with van der Waals surface area (Å²) in [5, 5.41) is 3.78. The number of thioether (sulfide) groups is 1. The summed E-state index contributed by atoms with van der Waals surface area (Å²) in [5.41, 5.74) is 2.79. The van der Waals surface area contributed by atoms with Gasteiger partial charge in [0, 0.05) is 37.2 Å². The van der Waals surface area contributed by atoms with Crippen LogP contribution in [0.1, 0.15) is 21.6 Å². The van der Waals surface area contributed by atoms with Crippen molar-refractivity contribution in [1.82, 2.24) is 15.3 Å². The summed E-state index contributed by atoms with van der Waals surface area (Å²) in [6, 6.07) is 9.73. The Morgan fingerprint density at radius 3 is 2.62 bits per heavy atom. The smallest absolute Gasteiger partial charge is 0.251 e. The maximum Gasteiger partial charge on any atom is 0.251 e. The molecule has 3 rings (SSSR count). The van der Waals surface area contributed by atoms with Gasteiger partial charge in [-0.05, 0) is 24.6 Å². The van der Waals surface area contributed by atoms with Crippen molar-refractivity contribution in [3.8, 4) is 0 Å².